The van der Waals surface area contributed by atoms with Gasteiger partial charge < -0.3 is 5.73 Å². The van der Waals surface area contributed by atoms with Crippen molar-refractivity contribution in [2.75, 3.05) is 0 Å². The molecule has 134 valence electrons. The Labute approximate surface area is 164 Å². The molecule has 0 aromatic carbocycles. The lowest BCUT2D eigenvalue weighted by Crippen LogP contribution is -2.28. The minimum Gasteiger partial charge on any atom is -0.367 e. The normalized spacial score (nSPS) is 18.6. The highest BCUT2D eigenvalue weighted by molar-refractivity contribution is 7.20. The molecule has 0 saturated carbocycles. The van der Waals surface area contributed by atoms with Crippen molar-refractivity contribution in [3.05, 3.63) is 43.3 Å². The molecular formula is C14H15Cl3N6OS. The Morgan fingerprint density at radius 2 is 2.20 bits per heavy atom. The lowest BCUT2D eigenvalue weighted by molar-refractivity contribution is 0.232. The number of hydrogen-bond acceptors (Lipinski definition) is 6. The molecule has 25 heavy (non-hydrogen) atoms. The topological polar surface area (TPSA) is 109 Å². The van der Waals surface area contributed by atoms with Crippen LogP contribution in [0.1, 0.15) is 34.7 Å². The van der Waals surface area contributed by atoms with Gasteiger partial charge in [-0.15, -0.1) is 28.8 Å². The third-order valence-electron chi connectivity index (χ3n) is 3.80. The van der Waals surface area contributed by atoms with E-state index < -0.39 is 0 Å². The van der Waals surface area contributed by atoms with Gasteiger partial charge in [0.1, 0.15) is 0 Å². The third kappa shape index (κ3) is 4.21. The fraction of sp³-hybridized carbons (Fsp3) is 0.286. The van der Waals surface area contributed by atoms with Gasteiger partial charge in [0.2, 0.25) is 5.96 Å². The van der Waals surface area contributed by atoms with E-state index >= 15 is 0 Å². The zero-order valence-corrected chi connectivity index (χ0v) is 16.2. The molecule has 1 unspecified atom stereocenters. The number of hydrogen-bond donors (Lipinski definition) is 3. The van der Waals surface area contributed by atoms with Crippen LogP contribution in [-0.4, -0.2) is 27.1 Å². The fourth-order valence-electron chi connectivity index (χ4n) is 2.78. The number of nitrogens with one attached hydrogen (secondary N) is 1. The van der Waals surface area contributed by atoms with E-state index in [0.717, 1.165) is 22.4 Å². The van der Waals surface area contributed by atoms with Crippen molar-refractivity contribution in [2.24, 2.45) is 15.9 Å². The molecule has 0 fully saturated rings. The number of nitrogens with zero attached hydrogens (tertiary/aromatic N) is 4. The van der Waals surface area contributed by atoms with Crippen LogP contribution in [0.5, 0.6) is 0 Å². The van der Waals surface area contributed by atoms with Crippen LogP contribution in [0, 0.1) is 6.92 Å². The van der Waals surface area contributed by atoms with Gasteiger partial charge in [0.05, 0.1) is 26.3 Å². The summed E-state index contributed by atoms with van der Waals surface area (Å²) in [5.41, 5.74) is 11.6. The Balaban J connectivity index is 0.00000225. The average molecular weight is 422 g/mol. The maximum atomic E-state index is 8.76. The number of fused-ring (bicyclic) bond motifs is 1. The SMILES string of the molecule is Cc1cnnc2c1/C(=N/N=C(\N)NO)CC(c1cc(Cl)sc1Cl)C2.Cl. The molecule has 0 spiro atoms. The third-order valence-corrected chi connectivity index (χ3v) is 5.31. The van der Waals surface area contributed by atoms with Gasteiger partial charge in [-0.25, -0.2) is 5.48 Å². The van der Waals surface area contributed by atoms with E-state index in [9.17, 15) is 0 Å². The minimum atomic E-state index is -0.192. The van der Waals surface area contributed by atoms with Crippen LogP contribution < -0.4 is 11.2 Å². The summed E-state index contributed by atoms with van der Waals surface area (Å²) in [6.45, 7) is 1.94. The lowest BCUT2D eigenvalue weighted by Gasteiger charge is -2.25. The van der Waals surface area contributed by atoms with E-state index in [1.807, 2.05) is 13.0 Å². The van der Waals surface area contributed by atoms with Crippen LogP contribution in [0.15, 0.2) is 22.5 Å². The highest BCUT2D eigenvalue weighted by Gasteiger charge is 2.30. The standard InChI is InChI=1S/C14H14Cl2N6OS.ClH/c1-6-5-18-19-9-2-7(8-4-11(15)24-13(8)16)3-10(12(6)9)20-21-14(17)22-23;/h4-5,7,23H,2-3H2,1H3,(H3,17,21,22);1H/b20-10+;. The van der Waals surface area contributed by atoms with Crippen LogP contribution in [0.4, 0.5) is 0 Å². The monoisotopic (exact) mass is 420 g/mol. The number of guanidine groups is 1. The highest BCUT2D eigenvalue weighted by Crippen LogP contribution is 2.41. The first-order valence-corrected chi connectivity index (χ1v) is 8.63. The van der Waals surface area contributed by atoms with Gasteiger partial charge in [0.15, 0.2) is 0 Å². The van der Waals surface area contributed by atoms with Crippen LogP contribution in [-0.2, 0) is 6.42 Å². The molecular weight excluding hydrogens is 407 g/mol. The summed E-state index contributed by atoms with van der Waals surface area (Å²) in [4.78, 5) is 0. The van der Waals surface area contributed by atoms with Crippen molar-refractivity contribution in [1.82, 2.24) is 15.7 Å². The predicted octanol–water partition coefficient (Wildman–Crippen LogP) is 3.30. The Hall–Kier alpha value is -1.45. The van der Waals surface area contributed by atoms with E-state index in [4.69, 9.17) is 34.1 Å². The van der Waals surface area contributed by atoms with Crippen molar-refractivity contribution in [3.63, 3.8) is 0 Å². The first-order valence-electron chi connectivity index (χ1n) is 7.06. The molecule has 2 aromatic heterocycles. The average Bonchev–Trinajstić information content (AvgIpc) is 2.90. The highest BCUT2D eigenvalue weighted by atomic mass is 35.5. The second-order valence-electron chi connectivity index (χ2n) is 5.38. The van der Waals surface area contributed by atoms with Crippen LogP contribution in [0.3, 0.4) is 0 Å². The number of aromatic nitrogens is 2. The molecule has 3 rings (SSSR count). The largest absolute Gasteiger partial charge is 0.367 e. The molecule has 2 aromatic rings. The van der Waals surface area contributed by atoms with Crippen molar-refractivity contribution >= 4 is 58.6 Å². The number of hydroxylamine groups is 1. The zero-order chi connectivity index (χ0) is 17.3. The molecule has 11 heteroatoms. The molecule has 0 amide bonds. The summed E-state index contributed by atoms with van der Waals surface area (Å²) >= 11 is 13.7. The van der Waals surface area contributed by atoms with Gasteiger partial charge in [-0.2, -0.15) is 15.3 Å². The molecule has 1 atom stereocenters. The van der Waals surface area contributed by atoms with Gasteiger partial charge in [-0.05, 0) is 42.9 Å². The summed E-state index contributed by atoms with van der Waals surface area (Å²) in [6, 6.07) is 1.87. The van der Waals surface area contributed by atoms with Gasteiger partial charge in [-0.3, -0.25) is 5.21 Å². The second-order valence-corrected chi connectivity index (χ2v) is 7.66. The molecule has 0 aliphatic heterocycles. The van der Waals surface area contributed by atoms with E-state index in [-0.39, 0.29) is 24.3 Å². The van der Waals surface area contributed by atoms with Gasteiger partial charge in [0, 0.05) is 5.56 Å². The molecule has 0 radical (unpaired) electrons. The second kappa shape index (κ2) is 8.29. The van der Waals surface area contributed by atoms with Crippen molar-refractivity contribution in [2.45, 2.75) is 25.7 Å². The first kappa shape index (κ1) is 19.9. The van der Waals surface area contributed by atoms with E-state index in [1.54, 1.807) is 11.7 Å². The quantitative estimate of drug-likeness (QED) is 0.391. The van der Waals surface area contributed by atoms with Gasteiger partial charge in [-0.1, -0.05) is 23.2 Å². The van der Waals surface area contributed by atoms with E-state index in [0.29, 0.717) is 27.2 Å². The lowest BCUT2D eigenvalue weighted by atomic mass is 9.81. The summed E-state index contributed by atoms with van der Waals surface area (Å²) in [5.74, 6) is -0.121. The van der Waals surface area contributed by atoms with Crippen molar-refractivity contribution < 1.29 is 5.21 Å². The number of rotatable bonds is 2. The number of halogens is 3. The smallest absolute Gasteiger partial charge is 0.237 e. The fourth-order valence-corrected chi connectivity index (χ4v) is 4.41. The Morgan fingerprint density at radius 3 is 2.84 bits per heavy atom. The number of aryl methyl sites for hydroxylation is 1. The predicted molar refractivity (Wildman–Crippen MR) is 102 cm³/mol. The van der Waals surface area contributed by atoms with E-state index in [1.165, 1.54) is 11.3 Å². The Bertz CT molecular complexity index is 838. The molecule has 1 aliphatic rings. The summed E-state index contributed by atoms with van der Waals surface area (Å²) in [5, 5.41) is 25.0. The van der Waals surface area contributed by atoms with Gasteiger partial charge in [0.25, 0.3) is 0 Å². The summed E-state index contributed by atoms with van der Waals surface area (Å²) < 4.78 is 1.30. The van der Waals surface area contributed by atoms with Crippen LogP contribution in [0.25, 0.3) is 0 Å². The molecule has 1 aliphatic carbocycles. The molecule has 7 nitrogen and oxygen atoms in total. The number of nitrogens with two attached hydrogens (primary N) is 1. The maximum Gasteiger partial charge on any atom is 0.237 e. The summed E-state index contributed by atoms with van der Waals surface area (Å²) in [6.07, 6.45) is 2.97. The van der Waals surface area contributed by atoms with Crippen LogP contribution >= 0.6 is 46.9 Å². The number of thiophene rings is 1. The molecule has 0 bridgehead atoms. The van der Waals surface area contributed by atoms with E-state index in [2.05, 4.69) is 20.4 Å². The van der Waals surface area contributed by atoms with Crippen molar-refractivity contribution in [1.29, 1.82) is 0 Å². The summed E-state index contributed by atoms with van der Waals surface area (Å²) in [7, 11) is 0. The first-order chi connectivity index (χ1) is 11.5. The maximum absolute atomic E-state index is 8.76. The Kier molecular flexibility index (Phi) is 6.59. The van der Waals surface area contributed by atoms with Crippen LogP contribution in [0.2, 0.25) is 8.67 Å². The molecule has 0 saturated heterocycles. The molecule has 4 N–H and O–H groups in total. The van der Waals surface area contributed by atoms with Crippen molar-refractivity contribution in [3.8, 4) is 0 Å². The minimum absolute atomic E-state index is 0. The Morgan fingerprint density at radius 1 is 1.44 bits per heavy atom. The van der Waals surface area contributed by atoms with Gasteiger partial charge >= 0.3 is 0 Å². The molecule has 2 heterocycles. The zero-order valence-electron chi connectivity index (χ0n) is 13.0.